The maximum absolute atomic E-state index is 4.40. The molecule has 2 aromatic rings. The van der Waals surface area contributed by atoms with Crippen LogP contribution < -0.4 is 9.80 Å². The molecule has 1 aromatic carbocycles. The Morgan fingerprint density at radius 2 is 1.79 bits per heavy atom. The number of rotatable bonds is 2. The van der Waals surface area contributed by atoms with Crippen molar-refractivity contribution < 1.29 is 0 Å². The first-order chi connectivity index (χ1) is 9.24. The van der Waals surface area contributed by atoms with Crippen LogP contribution >= 0.6 is 11.3 Å². The second-order valence-electron chi connectivity index (χ2n) is 5.08. The highest BCUT2D eigenvalue weighted by Gasteiger charge is 2.19. The molecule has 3 nitrogen and oxygen atoms in total. The standard InChI is InChI=1S/C15H19N3S/c1-12-3-4-13(2)14(11-12)17-6-8-18(9-7-17)15-16-5-10-19-15/h3-5,10-11H,6-9H2,1-2H3. The topological polar surface area (TPSA) is 19.4 Å². The second kappa shape index (κ2) is 5.21. The van der Waals surface area contributed by atoms with E-state index in [1.165, 1.54) is 16.8 Å². The van der Waals surface area contributed by atoms with E-state index in [4.69, 9.17) is 0 Å². The first kappa shape index (κ1) is 12.5. The fourth-order valence-corrected chi connectivity index (χ4v) is 3.27. The molecule has 1 saturated heterocycles. The number of thiazole rings is 1. The summed E-state index contributed by atoms with van der Waals surface area (Å²) in [5.41, 5.74) is 4.09. The first-order valence-corrected chi connectivity index (χ1v) is 7.58. The molecular formula is C15H19N3S. The number of aryl methyl sites for hydroxylation is 2. The van der Waals surface area contributed by atoms with Crippen LogP contribution in [-0.4, -0.2) is 31.2 Å². The normalized spacial score (nSPS) is 15.9. The molecule has 0 saturated carbocycles. The number of anilines is 2. The van der Waals surface area contributed by atoms with E-state index in [-0.39, 0.29) is 0 Å². The Morgan fingerprint density at radius 1 is 1.05 bits per heavy atom. The van der Waals surface area contributed by atoms with Gasteiger partial charge in [0.25, 0.3) is 0 Å². The highest BCUT2D eigenvalue weighted by atomic mass is 32.1. The van der Waals surface area contributed by atoms with Crippen molar-refractivity contribution in [1.82, 2.24) is 4.98 Å². The Morgan fingerprint density at radius 3 is 2.47 bits per heavy atom. The van der Waals surface area contributed by atoms with Gasteiger partial charge in [-0.1, -0.05) is 12.1 Å². The quantitative estimate of drug-likeness (QED) is 0.838. The third-order valence-electron chi connectivity index (χ3n) is 3.67. The van der Waals surface area contributed by atoms with Gasteiger partial charge in [0.2, 0.25) is 0 Å². The number of benzene rings is 1. The molecular weight excluding hydrogens is 254 g/mol. The Kier molecular flexibility index (Phi) is 3.42. The molecule has 0 atom stereocenters. The molecule has 3 rings (SSSR count). The van der Waals surface area contributed by atoms with Gasteiger partial charge in [0.15, 0.2) is 5.13 Å². The third-order valence-corrected chi connectivity index (χ3v) is 4.51. The van der Waals surface area contributed by atoms with Gasteiger partial charge in [-0.2, -0.15) is 0 Å². The van der Waals surface area contributed by atoms with Crippen molar-refractivity contribution in [2.24, 2.45) is 0 Å². The Hall–Kier alpha value is -1.55. The van der Waals surface area contributed by atoms with Crippen LogP contribution in [0.1, 0.15) is 11.1 Å². The zero-order valence-electron chi connectivity index (χ0n) is 11.5. The summed E-state index contributed by atoms with van der Waals surface area (Å²) in [7, 11) is 0. The zero-order valence-corrected chi connectivity index (χ0v) is 12.3. The van der Waals surface area contributed by atoms with Gasteiger partial charge in [-0.15, -0.1) is 11.3 Å². The average molecular weight is 273 g/mol. The molecule has 0 unspecified atom stereocenters. The second-order valence-corrected chi connectivity index (χ2v) is 5.95. The third kappa shape index (κ3) is 2.59. The predicted octanol–water partition coefficient (Wildman–Crippen LogP) is 3.09. The minimum absolute atomic E-state index is 1.06. The SMILES string of the molecule is Cc1ccc(C)c(N2CCN(c3nccs3)CC2)c1. The maximum atomic E-state index is 4.40. The molecule has 2 heterocycles. The molecule has 0 aliphatic carbocycles. The number of aromatic nitrogens is 1. The molecule has 4 heteroatoms. The van der Waals surface area contributed by atoms with E-state index in [1.807, 2.05) is 11.6 Å². The Labute approximate surface area is 118 Å². The van der Waals surface area contributed by atoms with Crippen LogP contribution in [0.25, 0.3) is 0 Å². The van der Waals surface area contributed by atoms with Crippen molar-refractivity contribution in [1.29, 1.82) is 0 Å². The lowest BCUT2D eigenvalue weighted by Crippen LogP contribution is -2.46. The van der Waals surface area contributed by atoms with E-state index in [0.29, 0.717) is 0 Å². The van der Waals surface area contributed by atoms with Gasteiger partial charge >= 0.3 is 0 Å². The fraction of sp³-hybridized carbons (Fsp3) is 0.400. The molecule has 19 heavy (non-hydrogen) atoms. The molecule has 0 bridgehead atoms. The molecule has 1 aliphatic heterocycles. The minimum Gasteiger partial charge on any atom is -0.368 e. The maximum Gasteiger partial charge on any atom is 0.185 e. The van der Waals surface area contributed by atoms with Crippen molar-refractivity contribution in [2.75, 3.05) is 36.0 Å². The van der Waals surface area contributed by atoms with Crippen LogP contribution in [0, 0.1) is 13.8 Å². The summed E-state index contributed by atoms with van der Waals surface area (Å²) in [6.45, 7) is 8.62. The summed E-state index contributed by atoms with van der Waals surface area (Å²) >= 11 is 1.73. The average Bonchev–Trinajstić information content (AvgIpc) is 2.96. The van der Waals surface area contributed by atoms with E-state index in [0.717, 1.165) is 31.3 Å². The number of piperazine rings is 1. The highest BCUT2D eigenvalue weighted by molar-refractivity contribution is 7.13. The van der Waals surface area contributed by atoms with Crippen LogP contribution in [0.5, 0.6) is 0 Å². The summed E-state index contributed by atoms with van der Waals surface area (Å²) in [6, 6.07) is 6.71. The van der Waals surface area contributed by atoms with Gasteiger partial charge in [0.1, 0.15) is 0 Å². The predicted molar refractivity (Wildman–Crippen MR) is 82.5 cm³/mol. The molecule has 0 radical (unpaired) electrons. The lowest BCUT2D eigenvalue weighted by Gasteiger charge is -2.36. The lowest BCUT2D eigenvalue weighted by molar-refractivity contribution is 0.651. The lowest BCUT2D eigenvalue weighted by atomic mass is 10.1. The fourth-order valence-electron chi connectivity index (χ4n) is 2.57. The molecule has 0 N–H and O–H groups in total. The van der Waals surface area contributed by atoms with E-state index in [9.17, 15) is 0 Å². The van der Waals surface area contributed by atoms with Crippen molar-refractivity contribution in [3.63, 3.8) is 0 Å². The van der Waals surface area contributed by atoms with Crippen LogP contribution in [0.3, 0.4) is 0 Å². The van der Waals surface area contributed by atoms with Crippen LogP contribution in [-0.2, 0) is 0 Å². The molecule has 100 valence electrons. The number of hydrogen-bond acceptors (Lipinski definition) is 4. The van der Waals surface area contributed by atoms with Gasteiger partial charge in [-0.05, 0) is 31.0 Å². The van der Waals surface area contributed by atoms with Crippen molar-refractivity contribution >= 4 is 22.2 Å². The Bertz CT molecular complexity index is 543. The smallest absolute Gasteiger partial charge is 0.185 e. The van der Waals surface area contributed by atoms with Crippen LogP contribution in [0.2, 0.25) is 0 Å². The summed E-state index contributed by atoms with van der Waals surface area (Å²) in [4.78, 5) is 9.27. The molecule has 0 spiro atoms. The summed E-state index contributed by atoms with van der Waals surface area (Å²) < 4.78 is 0. The van der Waals surface area contributed by atoms with Crippen molar-refractivity contribution in [3.8, 4) is 0 Å². The van der Waals surface area contributed by atoms with Gasteiger partial charge in [0.05, 0.1) is 0 Å². The largest absolute Gasteiger partial charge is 0.368 e. The minimum atomic E-state index is 1.06. The summed E-state index contributed by atoms with van der Waals surface area (Å²) in [6.07, 6.45) is 1.89. The van der Waals surface area contributed by atoms with Crippen molar-refractivity contribution in [3.05, 3.63) is 40.9 Å². The highest BCUT2D eigenvalue weighted by Crippen LogP contribution is 2.25. The first-order valence-electron chi connectivity index (χ1n) is 6.71. The zero-order chi connectivity index (χ0) is 13.2. The van der Waals surface area contributed by atoms with Crippen LogP contribution in [0.4, 0.5) is 10.8 Å². The van der Waals surface area contributed by atoms with E-state index in [2.05, 4.69) is 46.8 Å². The molecule has 0 amide bonds. The van der Waals surface area contributed by atoms with E-state index >= 15 is 0 Å². The van der Waals surface area contributed by atoms with Crippen molar-refractivity contribution in [2.45, 2.75) is 13.8 Å². The summed E-state index contributed by atoms with van der Waals surface area (Å²) in [5, 5.41) is 3.20. The summed E-state index contributed by atoms with van der Waals surface area (Å²) in [5.74, 6) is 0. The molecule has 1 aromatic heterocycles. The van der Waals surface area contributed by atoms with Crippen LogP contribution in [0.15, 0.2) is 29.8 Å². The molecule has 1 fully saturated rings. The number of hydrogen-bond donors (Lipinski definition) is 0. The van der Waals surface area contributed by atoms with E-state index in [1.54, 1.807) is 11.3 Å². The molecule has 1 aliphatic rings. The Balaban J connectivity index is 1.71. The van der Waals surface area contributed by atoms with Gasteiger partial charge < -0.3 is 9.80 Å². The van der Waals surface area contributed by atoms with Gasteiger partial charge in [-0.3, -0.25) is 0 Å². The van der Waals surface area contributed by atoms with E-state index < -0.39 is 0 Å². The number of nitrogens with zero attached hydrogens (tertiary/aromatic N) is 3. The monoisotopic (exact) mass is 273 g/mol. The van der Waals surface area contributed by atoms with Gasteiger partial charge in [0, 0.05) is 43.4 Å². The van der Waals surface area contributed by atoms with Gasteiger partial charge in [-0.25, -0.2) is 4.98 Å².